The molecular formula is C18H20ClNO2. The van der Waals surface area contributed by atoms with E-state index >= 15 is 0 Å². The Morgan fingerprint density at radius 3 is 2.68 bits per heavy atom. The second-order valence-electron chi connectivity index (χ2n) is 5.66. The Hall–Kier alpha value is -1.71. The Labute approximate surface area is 136 Å². The first kappa shape index (κ1) is 15.2. The van der Waals surface area contributed by atoms with E-state index in [4.69, 9.17) is 21.1 Å². The molecule has 116 valence electrons. The molecule has 0 aliphatic carbocycles. The van der Waals surface area contributed by atoms with Gasteiger partial charge in [0.15, 0.2) is 11.5 Å². The summed E-state index contributed by atoms with van der Waals surface area (Å²) in [6, 6.07) is 15.6. The molecule has 1 saturated heterocycles. The maximum atomic E-state index is 6.09. The molecule has 1 aliphatic heterocycles. The van der Waals surface area contributed by atoms with Gasteiger partial charge in [0, 0.05) is 24.2 Å². The average molecular weight is 318 g/mol. The summed E-state index contributed by atoms with van der Waals surface area (Å²) in [7, 11) is 2.11. The Balaban J connectivity index is 1.70. The molecule has 2 aromatic carbocycles. The summed E-state index contributed by atoms with van der Waals surface area (Å²) in [6.07, 6.45) is 1.25. The zero-order chi connectivity index (χ0) is 15.4. The van der Waals surface area contributed by atoms with Crippen molar-refractivity contribution in [3.63, 3.8) is 0 Å². The Morgan fingerprint density at radius 2 is 1.95 bits per heavy atom. The van der Waals surface area contributed by atoms with E-state index in [1.54, 1.807) is 0 Å². The minimum Gasteiger partial charge on any atom is -0.485 e. The minimum absolute atomic E-state index is 0.213. The van der Waals surface area contributed by atoms with Gasteiger partial charge in [-0.25, -0.2) is 0 Å². The topological polar surface area (TPSA) is 21.7 Å². The quantitative estimate of drug-likeness (QED) is 0.832. The number of hydrogen-bond acceptors (Lipinski definition) is 3. The molecule has 1 unspecified atom stereocenters. The molecule has 0 saturated carbocycles. The molecule has 1 fully saturated rings. The van der Waals surface area contributed by atoms with Gasteiger partial charge in [-0.15, -0.1) is 0 Å². The summed E-state index contributed by atoms with van der Waals surface area (Å²) in [4.78, 5) is 2.27. The van der Waals surface area contributed by atoms with Crippen molar-refractivity contribution >= 4 is 11.6 Å². The van der Waals surface area contributed by atoms with Crippen molar-refractivity contribution < 1.29 is 9.47 Å². The lowest BCUT2D eigenvalue weighted by molar-refractivity contribution is 0.192. The molecule has 2 aromatic rings. The second kappa shape index (κ2) is 7.03. The fourth-order valence-corrected chi connectivity index (χ4v) is 2.76. The van der Waals surface area contributed by atoms with Crippen LogP contribution >= 0.6 is 11.6 Å². The summed E-state index contributed by atoms with van der Waals surface area (Å²) in [6.45, 7) is 2.52. The molecule has 1 atom stereocenters. The zero-order valence-corrected chi connectivity index (χ0v) is 13.4. The van der Waals surface area contributed by atoms with E-state index in [0.29, 0.717) is 17.4 Å². The number of hydrogen-bond donors (Lipinski definition) is 0. The van der Waals surface area contributed by atoms with Gasteiger partial charge in [-0.1, -0.05) is 41.9 Å². The molecule has 0 N–H and O–H groups in total. The average Bonchev–Trinajstić information content (AvgIpc) is 2.94. The SMILES string of the molecule is CN1CCC(Oc2ccc(Cl)cc2OCc2ccccc2)C1. The Kier molecular flexibility index (Phi) is 4.86. The first-order chi connectivity index (χ1) is 10.7. The summed E-state index contributed by atoms with van der Waals surface area (Å²) in [5, 5.41) is 0.652. The highest BCUT2D eigenvalue weighted by Crippen LogP contribution is 2.32. The van der Waals surface area contributed by atoms with Crippen molar-refractivity contribution in [1.29, 1.82) is 0 Å². The van der Waals surface area contributed by atoms with Gasteiger partial charge in [0.25, 0.3) is 0 Å². The standard InChI is InChI=1S/C18H20ClNO2/c1-20-10-9-16(12-20)22-17-8-7-15(19)11-18(17)21-13-14-5-3-2-4-6-14/h2-8,11,16H,9-10,12-13H2,1H3. The van der Waals surface area contributed by atoms with Crippen LogP contribution in [0.1, 0.15) is 12.0 Å². The van der Waals surface area contributed by atoms with Crippen LogP contribution in [0, 0.1) is 0 Å². The van der Waals surface area contributed by atoms with Gasteiger partial charge >= 0.3 is 0 Å². The summed E-state index contributed by atoms with van der Waals surface area (Å²) < 4.78 is 12.0. The third kappa shape index (κ3) is 3.93. The minimum atomic E-state index is 0.213. The molecule has 3 nitrogen and oxygen atoms in total. The van der Waals surface area contributed by atoms with Gasteiger partial charge in [0.2, 0.25) is 0 Å². The summed E-state index contributed by atoms with van der Waals surface area (Å²) >= 11 is 6.09. The van der Waals surface area contributed by atoms with Crippen molar-refractivity contribution in [3.05, 3.63) is 59.1 Å². The first-order valence-corrected chi connectivity index (χ1v) is 7.90. The predicted molar refractivity (Wildman–Crippen MR) is 88.8 cm³/mol. The largest absolute Gasteiger partial charge is 0.485 e. The van der Waals surface area contributed by atoms with Crippen LogP contribution in [0.2, 0.25) is 5.02 Å². The molecule has 1 aliphatic rings. The van der Waals surface area contributed by atoms with E-state index < -0.39 is 0 Å². The number of nitrogens with zero attached hydrogens (tertiary/aromatic N) is 1. The van der Waals surface area contributed by atoms with E-state index in [2.05, 4.69) is 11.9 Å². The van der Waals surface area contributed by atoms with E-state index in [0.717, 1.165) is 30.8 Å². The van der Waals surface area contributed by atoms with Crippen molar-refractivity contribution in [2.75, 3.05) is 20.1 Å². The zero-order valence-electron chi connectivity index (χ0n) is 12.7. The fourth-order valence-electron chi connectivity index (χ4n) is 2.60. The molecule has 0 aromatic heterocycles. The molecule has 0 spiro atoms. The van der Waals surface area contributed by atoms with E-state index in [1.807, 2.05) is 48.5 Å². The fraction of sp³-hybridized carbons (Fsp3) is 0.333. The van der Waals surface area contributed by atoms with Crippen LogP contribution in [0.3, 0.4) is 0 Å². The Bertz CT molecular complexity index is 618. The van der Waals surface area contributed by atoms with Gasteiger partial charge in [0.05, 0.1) is 0 Å². The van der Waals surface area contributed by atoms with Crippen molar-refractivity contribution in [3.8, 4) is 11.5 Å². The first-order valence-electron chi connectivity index (χ1n) is 7.52. The van der Waals surface area contributed by atoms with Gasteiger partial charge in [-0.3, -0.25) is 0 Å². The molecule has 0 amide bonds. The highest BCUT2D eigenvalue weighted by molar-refractivity contribution is 6.30. The number of ether oxygens (including phenoxy) is 2. The highest BCUT2D eigenvalue weighted by Gasteiger charge is 2.22. The number of benzene rings is 2. The third-order valence-corrected chi connectivity index (χ3v) is 4.02. The van der Waals surface area contributed by atoms with Crippen molar-refractivity contribution in [2.45, 2.75) is 19.1 Å². The number of likely N-dealkylation sites (tertiary alicyclic amines) is 1. The summed E-state index contributed by atoms with van der Waals surface area (Å²) in [5.41, 5.74) is 1.12. The van der Waals surface area contributed by atoms with Crippen LogP contribution in [-0.2, 0) is 6.61 Å². The normalized spacial score (nSPS) is 18.4. The van der Waals surface area contributed by atoms with Gasteiger partial charge in [0.1, 0.15) is 12.7 Å². The van der Waals surface area contributed by atoms with Crippen LogP contribution in [0.4, 0.5) is 0 Å². The lowest BCUT2D eigenvalue weighted by Gasteiger charge is -2.17. The lowest BCUT2D eigenvalue weighted by atomic mass is 10.2. The molecule has 3 rings (SSSR count). The van der Waals surface area contributed by atoms with E-state index in [1.165, 1.54) is 0 Å². The van der Waals surface area contributed by atoms with Crippen LogP contribution < -0.4 is 9.47 Å². The lowest BCUT2D eigenvalue weighted by Crippen LogP contribution is -2.21. The van der Waals surface area contributed by atoms with Crippen molar-refractivity contribution in [1.82, 2.24) is 4.90 Å². The molecule has 1 heterocycles. The number of rotatable bonds is 5. The third-order valence-electron chi connectivity index (χ3n) is 3.78. The highest BCUT2D eigenvalue weighted by atomic mass is 35.5. The molecule has 4 heteroatoms. The van der Waals surface area contributed by atoms with Crippen LogP contribution in [0.15, 0.2) is 48.5 Å². The van der Waals surface area contributed by atoms with E-state index in [9.17, 15) is 0 Å². The molecule has 0 radical (unpaired) electrons. The van der Waals surface area contributed by atoms with Crippen molar-refractivity contribution in [2.24, 2.45) is 0 Å². The van der Waals surface area contributed by atoms with Crippen LogP contribution in [-0.4, -0.2) is 31.1 Å². The van der Waals surface area contributed by atoms with Gasteiger partial charge in [-0.2, -0.15) is 0 Å². The van der Waals surface area contributed by atoms with Gasteiger partial charge < -0.3 is 14.4 Å². The molecular weight excluding hydrogens is 298 g/mol. The second-order valence-corrected chi connectivity index (χ2v) is 6.09. The Morgan fingerprint density at radius 1 is 1.14 bits per heavy atom. The van der Waals surface area contributed by atoms with E-state index in [-0.39, 0.29) is 6.10 Å². The van der Waals surface area contributed by atoms with Crippen LogP contribution in [0.25, 0.3) is 0 Å². The maximum Gasteiger partial charge on any atom is 0.163 e. The summed E-state index contributed by atoms with van der Waals surface area (Å²) in [5.74, 6) is 1.46. The van der Waals surface area contributed by atoms with Crippen LogP contribution in [0.5, 0.6) is 11.5 Å². The molecule has 0 bridgehead atoms. The molecule has 22 heavy (non-hydrogen) atoms. The predicted octanol–water partition coefficient (Wildman–Crippen LogP) is 4.00. The van der Waals surface area contributed by atoms with Gasteiger partial charge in [-0.05, 0) is 31.2 Å². The number of likely N-dealkylation sites (N-methyl/N-ethyl adjacent to an activating group) is 1. The number of halogens is 1. The maximum absolute atomic E-state index is 6.09. The monoisotopic (exact) mass is 317 g/mol. The smallest absolute Gasteiger partial charge is 0.163 e.